The van der Waals surface area contributed by atoms with Crippen LogP contribution in [0.3, 0.4) is 0 Å². The minimum Gasteiger partial charge on any atom is -0.468 e. The van der Waals surface area contributed by atoms with Gasteiger partial charge in [-0.2, -0.15) is 0 Å². The number of esters is 1. The van der Waals surface area contributed by atoms with Gasteiger partial charge in [0.25, 0.3) is 0 Å². The van der Waals surface area contributed by atoms with Crippen molar-refractivity contribution in [3.63, 3.8) is 0 Å². The lowest BCUT2D eigenvalue weighted by molar-refractivity contribution is -0.145. The first-order chi connectivity index (χ1) is 16.7. The summed E-state index contributed by atoms with van der Waals surface area (Å²) < 4.78 is 10.1. The molecule has 0 aliphatic rings. The molecule has 2 N–H and O–H groups in total. The van der Waals surface area contributed by atoms with Gasteiger partial charge >= 0.3 is 12.1 Å². The van der Waals surface area contributed by atoms with Gasteiger partial charge in [-0.15, -0.1) is 0 Å². The molecule has 0 spiro atoms. The number of nitrogens with one attached hydrogen (secondary N) is 2. The van der Waals surface area contributed by atoms with Crippen molar-refractivity contribution in [3.8, 4) is 0 Å². The number of methoxy groups -OCH3 is 1. The molecule has 0 radical (unpaired) electrons. The molecule has 0 aliphatic heterocycles. The zero-order valence-electron chi connectivity index (χ0n) is 23.2. The summed E-state index contributed by atoms with van der Waals surface area (Å²) in [6, 6.07) is 3.74. The van der Waals surface area contributed by atoms with Crippen molar-refractivity contribution in [3.05, 3.63) is 34.9 Å². The lowest BCUT2D eigenvalue weighted by Crippen LogP contribution is -2.54. The average molecular weight is 506 g/mol. The Morgan fingerprint density at radius 2 is 1.64 bits per heavy atom. The number of amides is 3. The Morgan fingerprint density at radius 1 is 1.06 bits per heavy atom. The Labute approximate surface area is 215 Å². The van der Waals surface area contributed by atoms with E-state index in [0.717, 1.165) is 11.1 Å². The maximum atomic E-state index is 14.0. The third-order valence-electron chi connectivity index (χ3n) is 5.45. The van der Waals surface area contributed by atoms with E-state index in [1.807, 2.05) is 52.8 Å². The molecule has 2 atom stereocenters. The fraction of sp³-hybridized carbons (Fsp3) is 0.630. The van der Waals surface area contributed by atoms with Gasteiger partial charge in [0.05, 0.1) is 7.11 Å². The van der Waals surface area contributed by atoms with Gasteiger partial charge in [0.15, 0.2) is 0 Å². The van der Waals surface area contributed by atoms with Crippen molar-refractivity contribution in [1.29, 1.82) is 0 Å². The van der Waals surface area contributed by atoms with Crippen LogP contribution in [-0.2, 0) is 23.9 Å². The van der Waals surface area contributed by atoms with Crippen molar-refractivity contribution in [1.82, 2.24) is 15.5 Å². The Hall–Kier alpha value is -3.10. The van der Waals surface area contributed by atoms with Crippen LogP contribution >= 0.6 is 0 Å². The second-order valence-electron chi connectivity index (χ2n) is 10.4. The van der Waals surface area contributed by atoms with Gasteiger partial charge in [-0.1, -0.05) is 39.0 Å². The number of rotatable bonds is 11. The molecule has 0 saturated carbocycles. The number of carbonyl (C=O) groups is 4. The topological polar surface area (TPSA) is 114 Å². The molecule has 0 saturated heterocycles. The molecule has 1 rings (SSSR count). The number of benzene rings is 1. The van der Waals surface area contributed by atoms with E-state index >= 15 is 0 Å². The van der Waals surface area contributed by atoms with Crippen molar-refractivity contribution < 1.29 is 28.7 Å². The van der Waals surface area contributed by atoms with Crippen molar-refractivity contribution in [2.75, 3.05) is 20.2 Å². The molecule has 0 fully saturated rings. The molecule has 1 aromatic carbocycles. The van der Waals surface area contributed by atoms with Crippen LogP contribution in [-0.4, -0.2) is 60.6 Å². The number of nitrogens with zero attached hydrogens (tertiary/aromatic N) is 1. The third kappa shape index (κ3) is 9.51. The van der Waals surface area contributed by atoms with Crippen molar-refractivity contribution in [2.24, 2.45) is 5.92 Å². The first kappa shape index (κ1) is 30.9. The quantitative estimate of drug-likeness (QED) is 0.442. The third-order valence-corrected chi connectivity index (χ3v) is 5.45. The van der Waals surface area contributed by atoms with Gasteiger partial charge in [0.1, 0.15) is 24.2 Å². The predicted octanol–water partition coefficient (Wildman–Crippen LogP) is 3.81. The maximum absolute atomic E-state index is 14.0. The fourth-order valence-electron chi connectivity index (χ4n) is 3.97. The monoisotopic (exact) mass is 505 g/mol. The summed E-state index contributed by atoms with van der Waals surface area (Å²) in [5, 5.41) is 5.33. The molecule has 202 valence electrons. The zero-order valence-corrected chi connectivity index (χ0v) is 23.2. The van der Waals surface area contributed by atoms with Crippen LogP contribution in [0.15, 0.2) is 18.2 Å². The van der Waals surface area contributed by atoms with Gasteiger partial charge < -0.3 is 25.0 Å². The summed E-state index contributed by atoms with van der Waals surface area (Å²) in [5.74, 6) is -1.40. The molecule has 9 nitrogen and oxygen atoms in total. The van der Waals surface area contributed by atoms with E-state index < -0.39 is 41.6 Å². The molecule has 9 heteroatoms. The molecular formula is C27H43N3O6. The van der Waals surface area contributed by atoms with E-state index in [1.165, 1.54) is 12.0 Å². The van der Waals surface area contributed by atoms with Gasteiger partial charge in [-0.05, 0) is 70.1 Å². The Bertz CT molecular complexity index is 902. The number of hydrogen-bond donors (Lipinski definition) is 2. The normalized spacial score (nSPS) is 12.9. The highest BCUT2D eigenvalue weighted by molar-refractivity contribution is 5.93. The summed E-state index contributed by atoms with van der Waals surface area (Å²) in [5.41, 5.74) is 1.63. The number of ether oxygens (including phenoxy) is 2. The lowest BCUT2D eigenvalue weighted by atomic mass is 9.93. The highest BCUT2D eigenvalue weighted by Gasteiger charge is 2.37. The van der Waals surface area contributed by atoms with Crippen molar-refractivity contribution in [2.45, 2.75) is 85.9 Å². The number of alkyl carbamates (subject to hydrolysis) is 1. The Balaban J connectivity index is 3.52. The summed E-state index contributed by atoms with van der Waals surface area (Å²) in [4.78, 5) is 53.3. The number of carbonyl (C=O) groups excluding carboxylic acids is 4. The Morgan fingerprint density at radius 3 is 2.11 bits per heavy atom. The standard InChI is InChI=1S/C27H43N3O6/c1-10-14-30(25(33)20(15-17(2)3)29-26(34)36-27(6,7)8)23(24(32)28-16-21(31)35-9)22-18(4)12-11-13-19(22)5/h11-13,17,20,23H,10,14-16H2,1-9H3,(H,28,32)(H,29,34). The summed E-state index contributed by atoms with van der Waals surface area (Å²) in [7, 11) is 1.24. The van der Waals surface area contributed by atoms with Gasteiger partial charge in [-0.25, -0.2) is 4.79 Å². The second-order valence-corrected chi connectivity index (χ2v) is 10.4. The highest BCUT2D eigenvalue weighted by atomic mass is 16.6. The smallest absolute Gasteiger partial charge is 0.408 e. The fourth-order valence-corrected chi connectivity index (χ4v) is 3.97. The predicted molar refractivity (Wildman–Crippen MR) is 138 cm³/mol. The minimum atomic E-state index is -1.00. The number of hydrogen-bond acceptors (Lipinski definition) is 6. The van der Waals surface area contributed by atoms with E-state index in [1.54, 1.807) is 20.8 Å². The average Bonchev–Trinajstić information content (AvgIpc) is 2.76. The first-order valence-corrected chi connectivity index (χ1v) is 12.4. The second kappa shape index (κ2) is 13.8. The number of aryl methyl sites for hydroxylation is 2. The molecular weight excluding hydrogens is 462 g/mol. The zero-order chi connectivity index (χ0) is 27.6. The van der Waals surface area contributed by atoms with Crippen LogP contribution in [0, 0.1) is 19.8 Å². The molecule has 0 bridgehead atoms. The van der Waals surface area contributed by atoms with Gasteiger partial charge in [-0.3, -0.25) is 14.4 Å². The molecule has 0 aliphatic carbocycles. The molecule has 3 amide bonds. The molecule has 1 aromatic rings. The van der Waals surface area contributed by atoms with Crippen LogP contribution < -0.4 is 10.6 Å². The first-order valence-electron chi connectivity index (χ1n) is 12.4. The highest BCUT2D eigenvalue weighted by Crippen LogP contribution is 2.29. The molecule has 36 heavy (non-hydrogen) atoms. The van der Waals surface area contributed by atoms with Gasteiger partial charge in [0, 0.05) is 6.54 Å². The van der Waals surface area contributed by atoms with E-state index in [-0.39, 0.29) is 19.0 Å². The summed E-state index contributed by atoms with van der Waals surface area (Å²) in [6.45, 7) is 14.8. The van der Waals surface area contributed by atoms with E-state index in [9.17, 15) is 19.2 Å². The van der Waals surface area contributed by atoms with Crippen LogP contribution in [0.2, 0.25) is 0 Å². The summed E-state index contributed by atoms with van der Waals surface area (Å²) >= 11 is 0. The molecule has 2 unspecified atom stereocenters. The van der Waals surface area contributed by atoms with Crippen LogP contribution in [0.25, 0.3) is 0 Å². The molecule has 0 aromatic heterocycles. The van der Waals surface area contributed by atoms with Gasteiger partial charge in [0.2, 0.25) is 11.8 Å². The summed E-state index contributed by atoms with van der Waals surface area (Å²) in [6.07, 6.45) is 0.247. The largest absolute Gasteiger partial charge is 0.468 e. The lowest BCUT2D eigenvalue weighted by Gasteiger charge is -2.36. The van der Waals surface area contributed by atoms with Crippen LogP contribution in [0.4, 0.5) is 4.79 Å². The van der Waals surface area contributed by atoms with Crippen molar-refractivity contribution >= 4 is 23.9 Å². The van der Waals surface area contributed by atoms with E-state index in [4.69, 9.17) is 4.74 Å². The molecule has 0 heterocycles. The SMILES string of the molecule is CCCN(C(=O)C(CC(C)C)NC(=O)OC(C)(C)C)C(C(=O)NCC(=O)OC)c1c(C)cccc1C. The minimum absolute atomic E-state index is 0.0872. The Kier molecular flexibility index (Phi) is 11.9. The van der Waals surface area contributed by atoms with E-state index in [0.29, 0.717) is 18.4 Å². The maximum Gasteiger partial charge on any atom is 0.408 e. The van der Waals surface area contributed by atoms with Crippen LogP contribution in [0.1, 0.15) is 77.1 Å². The van der Waals surface area contributed by atoms with E-state index in [2.05, 4.69) is 15.4 Å². The van der Waals surface area contributed by atoms with Crippen LogP contribution in [0.5, 0.6) is 0 Å².